The average Bonchev–Trinajstić information content (AvgIpc) is 2.07. The van der Waals surface area contributed by atoms with Gasteiger partial charge in [-0.2, -0.15) is 0 Å². The van der Waals surface area contributed by atoms with Crippen LogP contribution in [-0.2, 0) is 9.90 Å². The fourth-order valence-corrected chi connectivity index (χ4v) is 1.20. The van der Waals surface area contributed by atoms with Gasteiger partial charge in [-0.05, 0) is 0 Å². The van der Waals surface area contributed by atoms with Crippen molar-refractivity contribution >= 4 is 6.29 Å². The molecular weight excluding hydrogens is 144 g/mol. The van der Waals surface area contributed by atoms with Crippen molar-refractivity contribution in [3.63, 3.8) is 0 Å². The smallest absolute Gasteiger partial charge is 0.153 e. The molecule has 1 rings (SSSR count). The first kappa shape index (κ1) is 8.64. The summed E-state index contributed by atoms with van der Waals surface area (Å²) >= 11 is 0. The van der Waals surface area contributed by atoms with Crippen molar-refractivity contribution in [1.29, 1.82) is 0 Å². The largest absolute Gasteiger partial charge is 0.314 e. The molecular formula is C7H13N2O2. The van der Waals surface area contributed by atoms with Crippen molar-refractivity contribution in [3.05, 3.63) is 0 Å². The van der Waals surface area contributed by atoms with Crippen LogP contribution in [0.1, 0.15) is 6.42 Å². The third-order valence-electron chi connectivity index (χ3n) is 1.86. The van der Waals surface area contributed by atoms with Gasteiger partial charge in [0.2, 0.25) is 0 Å². The molecule has 0 aromatic rings. The Balaban J connectivity index is 2.26. The summed E-state index contributed by atoms with van der Waals surface area (Å²) in [4.78, 5) is 11.8. The Hall–Kier alpha value is -0.450. The third kappa shape index (κ3) is 2.57. The summed E-state index contributed by atoms with van der Waals surface area (Å²) in [7, 11) is 0. The number of nitrogens with one attached hydrogen (secondary N) is 1. The molecule has 0 aliphatic carbocycles. The van der Waals surface area contributed by atoms with Crippen molar-refractivity contribution < 1.29 is 9.90 Å². The van der Waals surface area contributed by atoms with Crippen LogP contribution >= 0.6 is 0 Å². The normalized spacial score (nSPS) is 23.0. The van der Waals surface area contributed by atoms with Crippen LogP contribution in [0, 0.1) is 0 Å². The summed E-state index contributed by atoms with van der Waals surface area (Å²) in [6.07, 6.45) is -0.0192. The fraction of sp³-hybridized carbons (Fsp3) is 0.857. The first-order chi connectivity index (χ1) is 5.34. The van der Waals surface area contributed by atoms with Gasteiger partial charge in [0.05, 0.1) is 0 Å². The minimum Gasteiger partial charge on any atom is -0.314 e. The Kier molecular flexibility index (Phi) is 3.48. The molecule has 63 valence electrons. The van der Waals surface area contributed by atoms with Gasteiger partial charge in [-0.25, -0.2) is 5.11 Å². The SMILES string of the molecule is [O]C(CC=O)N1CCNCC1. The van der Waals surface area contributed by atoms with Gasteiger partial charge in [0.1, 0.15) is 6.29 Å². The van der Waals surface area contributed by atoms with Gasteiger partial charge < -0.3 is 10.1 Å². The van der Waals surface area contributed by atoms with Crippen LogP contribution < -0.4 is 5.32 Å². The number of nitrogens with zero attached hydrogens (tertiary/aromatic N) is 1. The molecule has 0 bridgehead atoms. The summed E-state index contributed by atoms with van der Waals surface area (Å²) in [6.45, 7) is 3.25. The molecule has 1 aliphatic heterocycles. The zero-order valence-electron chi connectivity index (χ0n) is 6.45. The number of rotatable bonds is 3. The molecule has 0 spiro atoms. The quantitative estimate of drug-likeness (QED) is 0.548. The fourth-order valence-electron chi connectivity index (χ4n) is 1.20. The Morgan fingerprint density at radius 1 is 1.45 bits per heavy atom. The highest BCUT2D eigenvalue weighted by Gasteiger charge is 2.18. The van der Waals surface area contributed by atoms with E-state index in [0.29, 0.717) is 6.29 Å². The molecule has 0 saturated carbocycles. The average molecular weight is 157 g/mol. The van der Waals surface area contributed by atoms with Crippen LogP contribution in [0.4, 0.5) is 0 Å². The van der Waals surface area contributed by atoms with E-state index in [1.165, 1.54) is 0 Å². The molecule has 1 N–H and O–H groups in total. The molecule has 4 nitrogen and oxygen atoms in total. The lowest BCUT2D eigenvalue weighted by molar-refractivity contribution is -0.116. The van der Waals surface area contributed by atoms with E-state index < -0.39 is 6.23 Å². The van der Waals surface area contributed by atoms with E-state index in [9.17, 15) is 9.90 Å². The zero-order valence-corrected chi connectivity index (χ0v) is 6.45. The summed E-state index contributed by atoms with van der Waals surface area (Å²) in [5.74, 6) is 0. The maximum atomic E-state index is 11.1. The lowest BCUT2D eigenvalue weighted by Crippen LogP contribution is -2.48. The van der Waals surface area contributed by atoms with Gasteiger partial charge in [-0.1, -0.05) is 0 Å². The van der Waals surface area contributed by atoms with Crippen molar-refractivity contribution in [1.82, 2.24) is 10.2 Å². The Labute approximate surface area is 66.2 Å². The number of hydrogen-bond acceptors (Lipinski definition) is 3. The topological polar surface area (TPSA) is 52.2 Å². The summed E-state index contributed by atoms with van der Waals surface area (Å²) in [5.41, 5.74) is 0. The number of aldehydes is 1. The predicted octanol–water partition coefficient (Wildman–Crippen LogP) is -0.763. The van der Waals surface area contributed by atoms with Gasteiger partial charge >= 0.3 is 0 Å². The molecule has 1 radical (unpaired) electrons. The van der Waals surface area contributed by atoms with Gasteiger partial charge in [-0.15, -0.1) is 0 Å². The van der Waals surface area contributed by atoms with Crippen LogP contribution in [0.5, 0.6) is 0 Å². The second kappa shape index (κ2) is 4.43. The maximum Gasteiger partial charge on any atom is 0.153 e. The number of carbonyl (C=O) groups is 1. The van der Waals surface area contributed by atoms with E-state index in [2.05, 4.69) is 5.32 Å². The molecule has 11 heavy (non-hydrogen) atoms. The number of hydrogen-bond donors (Lipinski definition) is 1. The first-order valence-electron chi connectivity index (χ1n) is 3.89. The van der Waals surface area contributed by atoms with Crippen LogP contribution in [0.15, 0.2) is 0 Å². The van der Waals surface area contributed by atoms with Crippen molar-refractivity contribution in [2.24, 2.45) is 0 Å². The third-order valence-corrected chi connectivity index (χ3v) is 1.86. The van der Waals surface area contributed by atoms with Crippen LogP contribution in [0.2, 0.25) is 0 Å². The highest BCUT2D eigenvalue weighted by molar-refractivity contribution is 5.49. The molecule has 0 aromatic heterocycles. The first-order valence-corrected chi connectivity index (χ1v) is 3.89. The van der Waals surface area contributed by atoms with Gasteiger partial charge in [0.15, 0.2) is 6.23 Å². The van der Waals surface area contributed by atoms with E-state index in [1.54, 1.807) is 4.90 Å². The number of piperazine rings is 1. The van der Waals surface area contributed by atoms with E-state index in [0.717, 1.165) is 26.2 Å². The van der Waals surface area contributed by atoms with E-state index >= 15 is 0 Å². The molecule has 1 atom stereocenters. The molecule has 4 heteroatoms. The van der Waals surface area contributed by atoms with Crippen LogP contribution in [0.25, 0.3) is 0 Å². The highest BCUT2D eigenvalue weighted by Crippen LogP contribution is 2.00. The van der Waals surface area contributed by atoms with E-state index in [-0.39, 0.29) is 6.42 Å². The molecule has 0 amide bonds. The molecule has 1 saturated heterocycles. The van der Waals surface area contributed by atoms with Gasteiger partial charge in [-0.3, -0.25) is 4.90 Å². The van der Waals surface area contributed by atoms with Crippen LogP contribution in [-0.4, -0.2) is 43.6 Å². The Morgan fingerprint density at radius 2 is 2.09 bits per heavy atom. The van der Waals surface area contributed by atoms with E-state index in [4.69, 9.17) is 0 Å². The summed E-state index contributed by atoms with van der Waals surface area (Å²) < 4.78 is 0. The zero-order chi connectivity index (χ0) is 8.10. The second-order valence-corrected chi connectivity index (χ2v) is 2.64. The molecule has 1 heterocycles. The standard InChI is InChI=1S/C7H13N2O2/c10-6-1-7(11)9-4-2-8-3-5-9/h6-8H,1-5H2. The number of carbonyl (C=O) groups excluding carboxylic acids is 1. The highest BCUT2D eigenvalue weighted by atomic mass is 16.3. The van der Waals surface area contributed by atoms with Crippen LogP contribution in [0.3, 0.4) is 0 Å². The maximum absolute atomic E-state index is 11.1. The second-order valence-electron chi connectivity index (χ2n) is 2.64. The van der Waals surface area contributed by atoms with Gasteiger partial charge in [0.25, 0.3) is 0 Å². The monoisotopic (exact) mass is 157 g/mol. The van der Waals surface area contributed by atoms with Crippen molar-refractivity contribution in [2.75, 3.05) is 26.2 Å². The van der Waals surface area contributed by atoms with Crippen molar-refractivity contribution in [3.8, 4) is 0 Å². The molecule has 1 unspecified atom stereocenters. The van der Waals surface area contributed by atoms with E-state index in [1.807, 2.05) is 0 Å². The molecule has 0 aromatic carbocycles. The minimum atomic E-state index is -0.824. The minimum absolute atomic E-state index is 0.111. The Bertz CT molecular complexity index is 124. The lowest BCUT2D eigenvalue weighted by atomic mass is 10.3. The lowest BCUT2D eigenvalue weighted by Gasteiger charge is -2.29. The summed E-state index contributed by atoms with van der Waals surface area (Å²) in [6, 6.07) is 0. The molecule has 1 fully saturated rings. The Morgan fingerprint density at radius 3 is 2.64 bits per heavy atom. The summed E-state index contributed by atoms with van der Waals surface area (Å²) in [5, 5.41) is 14.3. The predicted molar refractivity (Wildman–Crippen MR) is 39.6 cm³/mol. The van der Waals surface area contributed by atoms with Gasteiger partial charge in [0, 0.05) is 32.6 Å². The van der Waals surface area contributed by atoms with Crippen molar-refractivity contribution in [2.45, 2.75) is 12.6 Å². The molecule has 1 aliphatic rings.